The van der Waals surface area contributed by atoms with Gasteiger partial charge in [-0.1, -0.05) is 127 Å². The van der Waals surface area contributed by atoms with Crippen molar-refractivity contribution in [2.75, 3.05) is 26.4 Å². The molecule has 0 radical (unpaired) electrons. The molecule has 0 aromatic rings. The second-order valence-electron chi connectivity index (χ2n) is 13.7. The summed E-state index contributed by atoms with van der Waals surface area (Å²) in [6.07, 6.45) is 27.4. The molecule has 0 aromatic heterocycles. The molecule has 0 bridgehead atoms. The highest BCUT2D eigenvalue weighted by atomic mass is 31.2. The van der Waals surface area contributed by atoms with Crippen LogP contribution in [0, 0.1) is 5.92 Å². The van der Waals surface area contributed by atoms with E-state index in [0.29, 0.717) is 32.1 Å². The minimum atomic E-state index is -4.87. The van der Waals surface area contributed by atoms with E-state index in [1.54, 1.807) is 6.08 Å². The molecule has 0 aromatic carbocycles. The van der Waals surface area contributed by atoms with Crippen molar-refractivity contribution in [3.8, 4) is 0 Å². The first-order valence-electron chi connectivity index (χ1n) is 19.8. The summed E-state index contributed by atoms with van der Waals surface area (Å²) >= 11 is 0. The maximum Gasteiger partial charge on any atom is 0.472 e. The van der Waals surface area contributed by atoms with Crippen molar-refractivity contribution >= 4 is 27.6 Å². The second kappa shape index (κ2) is 34.1. The van der Waals surface area contributed by atoms with E-state index in [0.717, 1.165) is 38.0 Å². The Morgan fingerprint density at radius 3 is 2.02 bits per heavy atom. The number of allylic oxidation sites excluding steroid dienone is 6. The summed E-state index contributed by atoms with van der Waals surface area (Å²) in [6.45, 7) is 3.79. The number of hydrogen-bond donors (Lipinski definition) is 5. The number of aliphatic hydroxyl groups excluding tert-OH is 2. The van der Waals surface area contributed by atoms with Crippen molar-refractivity contribution < 1.29 is 66.7 Å². The maximum absolute atomic E-state index is 12.6. The van der Waals surface area contributed by atoms with Gasteiger partial charge in [0.25, 0.3) is 0 Å². The van der Waals surface area contributed by atoms with E-state index >= 15 is 0 Å². The Kier molecular flexibility index (Phi) is 32.9. The second-order valence-corrected chi connectivity index (χ2v) is 16.3. The third-order valence-electron chi connectivity index (χ3n) is 8.33. The zero-order valence-corrected chi connectivity index (χ0v) is 35.1. The molecule has 0 aliphatic carbocycles. The third-order valence-corrected chi connectivity index (χ3v) is 9.77. The van der Waals surface area contributed by atoms with Gasteiger partial charge in [-0.3, -0.25) is 23.2 Å². The average molecular weight is 825 g/mol. The first-order chi connectivity index (χ1) is 26.2. The van der Waals surface area contributed by atoms with Gasteiger partial charge in [0.2, 0.25) is 0 Å². The molecule has 0 aliphatic rings. The van der Waals surface area contributed by atoms with E-state index in [1.807, 2.05) is 36.5 Å². The molecule has 0 saturated carbocycles. The molecular formula is C39H70O14P2. The van der Waals surface area contributed by atoms with Crippen LogP contribution < -0.4 is 0 Å². The Morgan fingerprint density at radius 2 is 1.31 bits per heavy atom. The third kappa shape index (κ3) is 37.4. The van der Waals surface area contributed by atoms with E-state index in [-0.39, 0.29) is 12.8 Å². The normalized spacial score (nSPS) is 15.9. The lowest BCUT2D eigenvalue weighted by atomic mass is 10.00. The topological polar surface area (TPSA) is 216 Å². The lowest BCUT2D eigenvalue weighted by Gasteiger charge is -2.20. The first-order valence-corrected chi connectivity index (χ1v) is 22.9. The van der Waals surface area contributed by atoms with Crippen LogP contribution in [-0.4, -0.2) is 81.6 Å². The van der Waals surface area contributed by atoms with E-state index in [9.17, 15) is 33.8 Å². The van der Waals surface area contributed by atoms with Crippen LogP contribution in [0.25, 0.3) is 0 Å². The number of hydrogen-bond acceptors (Lipinski definition) is 11. The SMILES string of the molecule is CCCCC/C=C\C=C/[C@@H](O)C/C=C\C/C=C/CCCC(=O)OC[C@H](COP(=O)(O)OC[C@@H](O)COP(=O)(O)O)OC(=O)CCCCCCCCC(C)CC. The van der Waals surface area contributed by atoms with Gasteiger partial charge < -0.3 is 34.4 Å². The molecule has 0 heterocycles. The number of carbonyl (C=O) groups is 2. The van der Waals surface area contributed by atoms with Gasteiger partial charge in [-0.05, 0) is 50.9 Å². The van der Waals surface area contributed by atoms with Crippen LogP contribution in [0.5, 0.6) is 0 Å². The lowest BCUT2D eigenvalue weighted by Crippen LogP contribution is -2.30. The smallest absolute Gasteiger partial charge is 0.462 e. The van der Waals surface area contributed by atoms with Gasteiger partial charge in [-0.15, -0.1) is 0 Å². The fraction of sp³-hybridized carbons (Fsp3) is 0.744. The molecule has 320 valence electrons. The first kappa shape index (κ1) is 53.0. The van der Waals surface area contributed by atoms with E-state index in [2.05, 4.69) is 35.9 Å². The van der Waals surface area contributed by atoms with Crippen LogP contribution in [0.3, 0.4) is 0 Å². The summed E-state index contributed by atoms with van der Waals surface area (Å²) < 4.78 is 47.5. The molecule has 55 heavy (non-hydrogen) atoms. The standard InChI is InChI=1S/C39H70O14P2/c1-4-6-7-8-10-16-21-26-35(40)27-22-17-11-9-12-18-23-28-38(42)49-32-37(33-52-55(47,48)51-31-36(41)30-50-54(44,45)46)53-39(43)29-24-19-14-13-15-20-25-34(3)5-2/h9-10,12,16-17,21-22,26,34-37,40-41H,4-8,11,13-15,18-20,23-25,27-33H2,1-3H3,(H,47,48)(H2,44,45,46)/b12-9+,16-10-,22-17-,26-21-/t34?,35-,36+,37-/m1/s1. The number of unbranched alkanes of at least 4 members (excludes halogenated alkanes) is 9. The van der Waals surface area contributed by atoms with Crippen molar-refractivity contribution in [2.45, 2.75) is 155 Å². The molecule has 5 atom stereocenters. The molecule has 16 heteroatoms. The molecule has 0 amide bonds. The van der Waals surface area contributed by atoms with Crippen molar-refractivity contribution in [3.63, 3.8) is 0 Å². The fourth-order valence-corrected chi connectivity index (χ4v) is 6.02. The Balaban J connectivity index is 4.71. The number of rotatable bonds is 36. The van der Waals surface area contributed by atoms with Crippen LogP contribution in [-0.2, 0) is 41.8 Å². The van der Waals surface area contributed by atoms with E-state index < -0.39 is 72.3 Å². The minimum absolute atomic E-state index is 0.0841. The summed E-state index contributed by atoms with van der Waals surface area (Å²) in [6, 6.07) is 0. The quantitative estimate of drug-likeness (QED) is 0.0132. The molecule has 2 unspecified atom stereocenters. The predicted octanol–water partition coefficient (Wildman–Crippen LogP) is 8.33. The van der Waals surface area contributed by atoms with Gasteiger partial charge in [0.15, 0.2) is 6.10 Å². The number of phosphoric acid groups is 2. The number of esters is 2. The summed E-state index contributed by atoms with van der Waals surface area (Å²) in [5, 5.41) is 19.8. The van der Waals surface area contributed by atoms with E-state index in [4.69, 9.17) is 23.8 Å². The van der Waals surface area contributed by atoms with Crippen molar-refractivity contribution in [1.29, 1.82) is 0 Å². The lowest BCUT2D eigenvalue weighted by molar-refractivity contribution is -0.161. The summed E-state index contributed by atoms with van der Waals surface area (Å²) in [5.41, 5.74) is 0. The van der Waals surface area contributed by atoms with Gasteiger partial charge in [0.1, 0.15) is 12.7 Å². The summed E-state index contributed by atoms with van der Waals surface area (Å²) in [7, 11) is -9.70. The van der Waals surface area contributed by atoms with Crippen molar-refractivity contribution in [3.05, 3.63) is 48.6 Å². The summed E-state index contributed by atoms with van der Waals surface area (Å²) in [5.74, 6) is -0.416. The van der Waals surface area contributed by atoms with Crippen LogP contribution in [0.1, 0.15) is 136 Å². The van der Waals surface area contributed by atoms with Gasteiger partial charge in [-0.2, -0.15) is 0 Å². The highest BCUT2D eigenvalue weighted by Gasteiger charge is 2.28. The molecule has 0 fully saturated rings. The number of carbonyl (C=O) groups excluding carboxylic acids is 2. The predicted molar refractivity (Wildman–Crippen MR) is 213 cm³/mol. The molecule has 0 saturated heterocycles. The summed E-state index contributed by atoms with van der Waals surface area (Å²) in [4.78, 5) is 52.4. The number of aliphatic hydroxyl groups is 2. The van der Waals surface area contributed by atoms with Crippen LogP contribution in [0.4, 0.5) is 0 Å². The number of phosphoric ester groups is 2. The Labute approximate surface area is 329 Å². The van der Waals surface area contributed by atoms with Crippen LogP contribution >= 0.6 is 15.6 Å². The van der Waals surface area contributed by atoms with Crippen molar-refractivity contribution in [1.82, 2.24) is 0 Å². The van der Waals surface area contributed by atoms with Crippen LogP contribution in [0.15, 0.2) is 48.6 Å². The molecule has 0 spiro atoms. The molecule has 0 rings (SSSR count). The van der Waals surface area contributed by atoms with Gasteiger partial charge in [0, 0.05) is 12.8 Å². The zero-order valence-electron chi connectivity index (χ0n) is 33.3. The Bertz CT molecular complexity index is 1200. The Morgan fingerprint density at radius 1 is 0.673 bits per heavy atom. The van der Waals surface area contributed by atoms with Gasteiger partial charge in [-0.25, -0.2) is 9.13 Å². The molecular weight excluding hydrogens is 754 g/mol. The molecule has 0 aliphatic heterocycles. The van der Waals surface area contributed by atoms with Crippen LogP contribution in [0.2, 0.25) is 0 Å². The molecule has 14 nitrogen and oxygen atoms in total. The monoisotopic (exact) mass is 824 g/mol. The zero-order chi connectivity index (χ0) is 41.2. The van der Waals surface area contributed by atoms with Gasteiger partial charge >= 0.3 is 27.6 Å². The average Bonchev–Trinajstić information content (AvgIpc) is 3.13. The molecule has 5 N–H and O–H groups in total. The highest BCUT2D eigenvalue weighted by Crippen LogP contribution is 2.43. The van der Waals surface area contributed by atoms with Crippen molar-refractivity contribution in [2.24, 2.45) is 5.92 Å². The largest absolute Gasteiger partial charge is 0.472 e. The Hall–Kier alpha value is -1.96. The number of ether oxygens (including phenoxy) is 2. The highest BCUT2D eigenvalue weighted by molar-refractivity contribution is 7.47. The maximum atomic E-state index is 12.6. The fourth-order valence-electron chi connectivity index (χ4n) is 4.87. The van der Waals surface area contributed by atoms with Gasteiger partial charge in [0.05, 0.1) is 25.9 Å². The van der Waals surface area contributed by atoms with E-state index in [1.165, 1.54) is 38.5 Å². The minimum Gasteiger partial charge on any atom is -0.462 e.